The summed E-state index contributed by atoms with van der Waals surface area (Å²) in [4.78, 5) is 0. The first-order chi connectivity index (χ1) is 20.6. The van der Waals surface area contributed by atoms with Crippen LogP contribution in [0.3, 0.4) is 0 Å². The summed E-state index contributed by atoms with van der Waals surface area (Å²) < 4.78 is 36.8. The third kappa shape index (κ3) is 3.36. The van der Waals surface area contributed by atoms with Crippen LogP contribution in [0, 0.1) is 40.2 Å². The van der Waals surface area contributed by atoms with E-state index in [1.807, 2.05) is 84.9 Å². The fraction of sp³-hybridized carbons (Fsp3) is 0.111. The van der Waals surface area contributed by atoms with Crippen molar-refractivity contribution in [3.05, 3.63) is 119 Å². The van der Waals surface area contributed by atoms with Crippen molar-refractivity contribution in [1.29, 1.82) is 10.5 Å². The summed E-state index contributed by atoms with van der Waals surface area (Å²) >= 11 is 0. The van der Waals surface area contributed by atoms with Crippen molar-refractivity contribution >= 4 is 43.6 Å². The Bertz CT molecular complexity index is 2290. The van der Waals surface area contributed by atoms with Gasteiger partial charge in [-0.05, 0) is 61.1 Å². The third-order valence-corrected chi connectivity index (χ3v) is 8.54. The monoisotopic (exact) mass is 548 g/mol. The first-order valence-corrected chi connectivity index (χ1v) is 14.0. The van der Waals surface area contributed by atoms with E-state index in [9.17, 15) is 10.5 Å². The van der Waals surface area contributed by atoms with Crippen LogP contribution >= 0.6 is 0 Å². The molecule has 0 radical (unpaired) electrons. The fourth-order valence-corrected chi connectivity index (χ4v) is 6.49. The van der Waals surface area contributed by atoms with Crippen LogP contribution in [-0.4, -0.2) is 9.13 Å². The lowest BCUT2D eigenvalue weighted by Gasteiger charge is -2.18. The van der Waals surface area contributed by atoms with Gasteiger partial charge in [-0.25, -0.2) is 8.78 Å². The number of para-hydroxylation sites is 3. The van der Waals surface area contributed by atoms with Crippen molar-refractivity contribution in [2.45, 2.75) is 19.3 Å². The molecule has 0 N–H and O–H groups in total. The van der Waals surface area contributed by atoms with E-state index in [-0.39, 0.29) is 11.4 Å². The fourth-order valence-electron chi connectivity index (χ4n) is 6.49. The average Bonchev–Trinajstić information content (AvgIpc) is 3.70. The van der Waals surface area contributed by atoms with Crippen molar-refractivity contribution in [1.82, 2.24) is 9.13 Å². The Balaban J connectivity index is 1.48. The number of aromatic nitrogens is 2. The van der Waals surface area contributed by atoms with Crippen LogP contribution in [0.1, 0.15) is 29.5 Å². The van der Waals surface area contributed by atoms with Gasteiger partial charge >= 0.3 is 0 Å². The minimum Gasteiger partial charge on any atom is -0.305 e. The molecule has 1 fully saturated rings. The Morgan fingerprint density at radius 3 is 1.48 bits per heavy atom. The van der Waals surface area contributed by atoms with Crippen LogP contribution in [0.2, 0.25) is 0 Å². The number of hydrogen-bond donors (Lipinski definition) is 0. The van der Waals surface area contributed by atoms with Crippen molar-refractivity contribution in [2.24, 2.45) is 5.92 Å². The van der Waals surface area contributed by atoms with Gasteiger partial charge in [-0.2, -0.15) is 10.5 Å². The molecular formula is C36H22F2N4. The maximum Gasteiger partial charge on any atom is 0.168 e. The highest BCUT2D eigenvalue weighted by Crippen LogP contribution is 2.41. The molecule has 0 aliphatic heterocycles. The highest BCUT2D eigenvalue weighted by Gasteiger charge is 2.31. The van der Waals surface area contributed by atoms with Crippen LogP contribution in [0.25, 0.3) is 55.0 Å². The Hall–Kier alpha value is -5.46. The number of nitriles is 2. The quantitative estimate of drug-likeness (QED) is 0.221. The van der Waals surface area contributed by atoms with Gasteiger partial charge in [0.15, 0.2) is 11.6 Å². The predicted octanol–water partition coefficient (Wildman–Crippen LogP) is 8.85. The number of rotatable bonds is 4. The average molecular weight is 549 g/mol. The van der Waals surface area contributed by atoms with E-state index in [0.29, 0.717) is 28.0 Å². The summed E-state index contributed by atoms with van der Waals surface area (Å²) in [7, 11) is 0. The van der Waals surface area contributed by atoms with Crippen LogP contribution in [-0.2, 0) is 6.42 Å². The molecule has 5 aromatic carbocycles. The van der Waals surface area contributed by atoms with Gasteiger partial charge < -0.3 is 9.13 Å². The molecule has 7 aromatic rings. The highest BCUT2D eigenvalue weighted by molar-refractivity contribution is 6.11. The van der Waals surface area contributed by atoms with Gasteiger partial charge in [0.25, 0.3) is 0 Å². The third-order valence-electron chi connectivity index (χ3n) is 8.54. The molecule has 200 valence electrons. The van der Waals surface area contributed by atoms with Crippen LogP contribution in [0.5, 0.6) is 0 Å². The van der Waals surface area contributed by atoms with E-state index in [1.165, 1.54) is 18.4 Å². The number of nitrogens with zero attached hydrogens (tertiary/aromatic N) is 4. The Labute approximate surface area is 239 Å². The summed E-state index contributed by atoms with van der Waals surface area (Å²) in [5.41, 5.74) is 2.29. The lowest BCUT2D eigenvalue weighted by atomic mass is 10.0. The zero-order valence-electron chi connectivity index (χ0n) is 22.4. The molecule has 1 aliphatic carbocycles. The van der Waals surface area contributed by atoms with Crippen molar-refractivity contribution in [2.75, 3.05) is 0 Å². The van der Waals surface area contributed by atoms with Crippen LogP contribution in [0.4, 0.5) is 8.78 Å². The zero-order valence-corrected chi connectivity index (χ0v) is 22.4. The maximum absolute atomic E-state index is 16.9. The van der Waals surface area contributed by atoms with E-state index in [0.717, 1.165) is 28.0 Å². The van der Waals surface area contributed by atoms with Crippen molar-refractivity contribution < 1.29 is 8.78 Å². The summed E-state index contributed by atoms with van der Waals surface area (Å²) in [6.07, 6.45) is 3.43. The number of halogens is 2. The summed E-state index contributed by atoms with van der Waals surface area (Å²) in [5, 5.41) is 24.2. The lowest BCUT2D eigenvalue weighted by Crippen LogP contribution is -2.12. The van der Waals surface area contributed by atoms with Crippen LogP contribution < -0.4 is 0 Å². The molecule has 1 aliphatic rings. The van der Waals surface area contributed by atoms with Crippen molar-refractivity contribution in [3.8, 4) is 23.5 Å². The molecule has 0 saturated heterocycles. The first-order valence-electron chi connectivity index (χ1n) is 14.0. The van der Waals surface area contributed by atoms with Gasteiger partial charge in [0, 0.05) is 21.5 Å². The van der Waals surface area contributed by atoms with Gasteiger partial charge in [0.1, 0.15) is 34.6 Å². The second-order valence-corrected chi connectivity index (χ2v) is 11.0. The number of benzene rings is 5. The molecule has 0 bridgehead atoms. The Kier molecular flexibility index (Phi) is 5.23. The van der Waals surface area contributed by atoms with E-state index >= 15 is 8.78 Å². The van der Waals surface area contributed by atoms with E-state index in [4.69, 9.17) is 0 Å². The molecule has 42 heavy (non-hydrogen) atoms. The van der Waals surface area contributed by atoms with Gasteiger partial charge in [-0.15, -0.1) is 0 Å². The van der Waals surface area contributed by atoms with E-state index < -0.39 is 22.8 Å². The molecule has 6 heteroatoms. The molecule has 0 unspecified atom stereocenters. The number of fused-ring (bicyclic) bond motifs is 6. The second-order valence-electron chi connectivity index (χ2n) is 11.0. The maximum atomic E-state index is 16.9. The highest BCUT2D eigenvalue weighted by atomic mass is 19.1. The molecule has 0 amide bonds. The normalized spacial score (nSPS) is 13.2. The SMILES string of the molecule is N#Cc1c(F)c(-n2c3ccccc3c3cc(CC4CC4)ccc32)c(C#N)c(F)c1-n1c2ccccc2c2ccccc21. The molecule has 2 aromatic heterocycles. The topological polar surface area (TPSA) is 57.4 Å². The summed E-state index contributed by atoms with van der Waals surface area (Å²) in [6, 6.07) is 32.3. The zero-order chi connectivity index (χ0) is 28.5. The van der Waals surface area contributed by atoms with Crippen LogP contribution in [0.15, 0.2) is 91.0 Å². The second kappa shape index (κ2) is 9.03. The van der Waals surface area contributed by atoms with Gasteiger partial charge in [-0.3, -0.25) is 0 Å². The van der Waals surface area contributed by atoms with E-state index in [1.54, 1.807) is 21.3 Å². The van der Waals surface area contributed by atoms with Crippen molar-refractivity contribution in [3.63, 3.8) is 0 Å². The molecule has 1 saturated carbocycles. The molecular weight excluding hydrogens is 526 g/mol. The Morgan fingerprint density at radius 1 is 0.595 bits per heavy atom. The summed E-state index contributed by atoms with van der Waals surface area (Å²) in [6.45, 7) is 0. The predicted molar refractivity (Wildman–Crippen MR) is 161 cm³/mol. The molecule has 2 heterocycles. The molecule has 8 rings (SSSR count). The molecule has 0 spiro atoms. The van der Waals surface area contributed by atoms with E-state index in [2.05, 4.69) is 6.07 Å². The molecule has 4 nitrogen and oxygen atoms in total. The number of hydrogen-bond acceptors (Lipinski definition) is 2. The van der Waals surface area contributed by atoms with Gasteiger partial charge in [0.05, 0.1) is 22.1 Å². The Morgan fingerprint density at radius 2 is 1.02 bits per heavy atom. The lowest BCUT2D eigenvalue weighted by molar-refractivity contribution is 0.583. The summed E-state index contributed by atoms with van der Waals surface area (Å²) in [5.74, 6) is -1.18. The van der Waals surface area contributed by atoms with Gasteiger partial charge in [0.2, 0.25) is 0 Å². The minimum atomic E-state index is -0.937. The smallest absolute Gasteiger partial charge is 0.168 e. The molecule has 0 atom stereocenters. The standard InChI is InChI=1S/C36H22F2N4/c37-33-28(20-40)36(42-31-12-6-3-9-25(31)26-18-22(15-16-32(26)42)17-21-13-14-21)34(38)27(19-39)35(33)41-29-10-4-1-7-23(29)24-8-2-5-11-30(24)41/h1-12,15-16,18,21H,13-14,17H2. The first kappa shape index (κ1) is 24.3. The minimum absolute atomic E-state index is 0.253. The largest absolute Gasteiger partial charge is 0.305 e. The van der Waals surface area contributed by atoms with Gasteiger partial charge in [-0.1, -0.05) is 60.7 Å².